The second kappa shape index (κ2) is 6.65. The molecule has 1 N–H and O–H groups in total. The third-order valence-corrected chi connectivity index (χ3v) is 5.19. The summed E-state index contributed by atoms with van der Waals surface area (Å²) in [6.45, 7) is 5.81. The van der Waals surface area contributed by atoms with E-state index in [1.165, 1.54) is 11.3 Å². The van der Waals surface area contributed by atoms with Crippen molar-refractivity contribution >= 4 is 17.2 Å². The standard InChI is InChI=1S/C14H23N3O2S/c1-9-12(20-13(16-9)10(2)19-4)14(18)17(3)11-5-7-15-8-6-11/h10-11,15H,5-8H2,1-4H3/t10-/m0/s1. The number of methoxy groups -OCH3 is 1. The number of aryl methyl sites for hydroxylation is 1. The molecule has 1 fully saturated rings. The molecule has 1 aromatic rings. The first kappa shape index (κ1) is 15.4. The number of hydrogen-bond donors (Lipinski definition) is 1. The summed E-state index contributed by atoms with van der Waals surface area (Å²) in [5, 5.41) is 4.19. The molecule has 0 radical (unpaired) electrons. The SMILES string of the molecule is CO[C@@H](C)c1nc(C)c(C(=O)N(C)C2CCNCC2)s1. The molecule has 1 saturated heterocycles. The summed E-state index contributed by atoms with van der Waals surface area (Å²) in [6, 6.07) is 0.327. The number of amides is 1. The lowest BCUT2D eigenvalue weighted by Gasteiger charge is -2.31. The number of aromatic nitrogens is 1. The summed E-state index contributed by atoms with van der Waals surface area (Å²) >= 11 is 1.45. The van der Waals surface area contributed by atoms with Crippen molar-refractivity contribution in [2.75, 3.05) is 27.2 Å². The van der Waals surface area contributed by atoms with E-state index in [4.69, 9.17) is 4.74 Å². The Labute approximate surface area is 124 Å². The average Bonchev–Trinajstić information content (AvgIpc) is 2.87. The lowest BCUT2D eigenvalue weighted by Crippen LogP contribution is -2.43. The first-order chi connectivity index (χ1) is 9.54. The van der Waals surface area contributed by atoms with E-state index < -0.39 is 0 Å². The van der Waals surface area contributed by atoms with Gasteiger partial charge < -0.3 is 15.0 Å². The van der Waals surface area contributed by atoms with Gasteiger partial charge in [0.05, 0.1) is 5.69 Å². The van der Waals surface area contributed by atoms with Crippen molar-refractivity contribution in [1.82, 2.24) is 15.2 Å². The number of piperidine rings is 1. The maximum absolute atomic E-state index is 12.6. The van der Waals surface area contributed by atoms with E-state index in [0.29, 0.717) is 6.04 Å². The zero-order chi connectivity index (χ0) is 14.7. The molecule has 1 aliphatic heterocycles. The Hall–Kier alpha value is -0.980. The van der Waals surface area contributed by atoms with Crippen LogP contribution in [0.15, 0.2) is 0 Å². The molecule has 112 valence electrons. The number of hydrogen-bond acceptors (Lipinski definition) is 5. The van der Waals surface area contributed by atoms with E-state index in [-0.39, 0.29) is 12.0 Å². The maximum Gasteiger partial charge on any atom is 0.265 e. The van der Waals surface area contributed by atoms with E-state index in [9.17, 15) is 4.79 Å². The molecule has 5 nitrogen and oxygen atoms in total. The van der Waals surface area contributed by atoms with Gasteiger partial charge in [0.15, 0.2) is 0 Å². The van der Waals surface area contributed by atoms with Gasteiger partial charge in [-0.05, 0) is 39.8 Å². The van der Waals surface area contributed by atoms with Crippen molar-refractivity contribution in [2.45, 2.75) is 38.8 Å². The summed E-state index contributed by atoms with van der Waals surface area (Å²) in [7, 11) is 3.56. The molecular formula is C14H23N3O2S. The number of thiazole rings is 1. The van der Waals surface area contributed by atoms with Crippen LogP contribution in [-0.2, 0) is 4.74 Å². The minimum atomic E-state index is -0.0653. The Kier molecular flexibility index (Phi) is 5.12. The Morgan fingerprint density at radius 2 is 2.15 bits per heavy atom. The van der Waals surface area contributed by atoms with Crippen LogP contribution in [-0.4, -0.2) is 49.1 Å². The molecule has 0 aromatic carbocycles. The van der Waals surface area contributed by atoms with Crippen molar-refractivity contribution in [3.05, 3.63) is 15.6 Å². The minimum absolute atomic E-state index is 0.0653. The third-order valence-electron chi connectivity index (χ3n) is 3.89. The Bertz CT molecular complexity index is 469. The van der Waals surface area contributed by atoms with Gasteiger partial charge in [-0.15, -0.1) is 11.3 Å². The van der Waals surface area contributed by atoms with Crippen molar-refractivity contribution < 1.29 is 9.53 Å². The van der Waals surface area contributed by atoms with Gasteiger partial charge in [-0.25, -0.2) is 4.98 Å². The normalized spacial score (nSPS) is 18.0. The van der Waals surface area contributed by atoms with Gasteiger partial charge in [-0.2, -0.15) is 0 Å². The molecule has 0 spiro atoms. The zero-order valence-corrected chi connectivity index (χ0v) is 13.4. The first-order valence-electron chi connectivity index (χ1n) is 7.02. The molecule has 1 amide bonds. The van der Waals surface area contributed by atoms with Gasteiger partial charge in [0, 0.05) is 20.2 Å². The monoisotopic (exact) mass is 297 g/mol. The lowest BCUT2D eigenvalue weighted by molar-refractivity contribution is 0.0707. The zero-order valence-electron chi connectivity index (χ0n) is 12.6. The van der Waals surface area contributed by atoms with Crippen molar-refractivity contribution in [3.63, 3.8) is 0 Å². The van der Waals surface area contributed by atoms with Crippen LogP contribution in [0.1, 0.15) is 46.2 Å². The highest BCUT2D eigenvalue weighted by molar-refractivity contribution is 7.13. The molecule has 0 unspecified atom stereocenters. The molecular weight excluding hydrogens is 274 g/mol. The summed E-state index contributed by atoms with van der Waals surface area (Å²) < 4.78 is 5.28. The molecule has 1 atom stereocenters. The van der Waals surface area contributed by atoms with Crippen LogP contribution in [0.2, 0.25) is 0 Å². The molecule has 0 bridgehead atoms. The average molecular weight is 297 g/mol. The topological polar surface area (TPSA) is 54.5 Å². The molecule has 0 saturated carbocycles. The van der Waals surface area contributed by atoms with Crippen LogP contribution in [0, 0.1) is 6.92 Å². The van der Waals surface area contributed by atoms with Crippen LogP contribution in [0.25, 0.3) is 0 Å². The fourth-order valence-corrected chi connectivity index (χ4v) is 3.49. The van der Waals surface area contributed by atoms with Gasteiger partial charge >= 0.3 is 0 Å². The van der Waals surface area contributed by atoms with Crippen molar-refractivity contribution in [2.24, 2.45) is 0 Å². The fraction of sp³-hybridized carbons (Fsp3) is 0.714. The maximum atomic E-state index is 12.6. The van der Waals surface area contributed by atoms with Gasteiger partial charge in [-0.3, -0.25) is 4.79 Å². The van der Waals surface area contributed by atoms with E-state index >= 15 is 0 Å². The summed E-state index contributed by atoms with van der Waals surface area (Å²) in [5.41, 5.74) is 0.805. The van der Waals surface area contributed by atoms with Crippen molar-refractivity contribution in [1.29, 1.82) is 0 Å². The Morgan fingerprint density at radius 1 is 1.50 bits per heavy atom. The Morgan fingerprint density at radius 3 is 2.75 bits per heavy atom. The third kappa shape index (κ3) is 3.19. The number of rotatable bonds is 4. The van der Waals surface area contributed by atoms with Crippen molar-refractivity contribution in [3.8, 4) is 0 Å². The molecule has 20 heavy (non-hydrogen) atoms. The highest BCUT2D eigenvalue weighted by Gasteiger charge is 2.26. The minimum Gasteiger partial charge on any atom is -0.375 e. The van der Waals surface area contributed by atoms with Crippen LogP contribution >= 0.6 is 11.3 Å². The van der Waals surface area contributed by atoms with Crippen LogP contribution in [0.3, 0.4) is 0 Å². The van der Waals surface area contributed by atoms with E-state index in [1.54, 1.807) is 7.11 Å². The number of nitrogens with zero attached hydrogens (tertiary/aromatic N) is 2. The summed E-state index contributed by atoms with van der Waals surface area (Å²) in [5.74, 6) is 0.0847. The largest absolute Gasteiger partial charge is 0.375 e. The predicted octanol–water partition coefficient (Wildman–Crippen LogP) is 1.98. The smallest absolute Gasteiger partial charge is 0.265 e. The summed E-state index contributed by atoms with van der Waals surface area (Å²) in [4.78, 5) is 19.7. The van der Waals surface area contributed by atoms with Gasteiger partial charge in [0.25, 0.3) is 5.91 Å². The molecule has 0 aliphatic carbocycles. The molecule has 2 rings (SSSR count). The number of carbonyl (C=O) groups excluding carboxylic acids is 1. The second-order valence-corrected chi connectivity index (χ2v) is 6.27. The quantitative estimate of drug-likeness (QED) is 0.923. The highest BCUT2D eigenvalue weighted by Crippen LogP contribution is 2.27. The fourth-order valence-electron chi connectivity index (χ4n) is 2.41. The van der Waals surface area contributed by atoms with Gasteiger partial charge in [-0.1, -0.05) is 0 Å². The van der Waals surface area contributed by atoms with Crippen LogP contribution in [0.5, 0.6) is 0 Å². The highest BCUT2D eigenvalue weighted by atomic mass is 32.1. The first-order valence-corrected chi connectivity index (χ1v) is 7.84. The van der Waals surface area contributed by atoms with Crippen LogP contribution in [0.4, 0.5) is 0 Å². The molecule has 1 aliphatic rings. The molecule has 1 aromatic heterocycles. The lowest BCUT2D eigenvalue weighted by atomic mass is 10.1. The van der Waals surface area contributed by atoms with Gasteiger partial charge in [0.2, 0.25) is 0 Å². The molecule has 6 heteroatoms. The number of carbonyl (C=O) groups is 1. The number of nitrogens with one attached hydrogen (secondary N) is 1. The van der Waals surface area contributed by atoms with E-state index in [0.717, 1.165) is 41.5 Å². The number of ether oxygens (including phenoxy) is 1. The second-order valence-electron chi connectivity index (χ2n) is 5.24. The van der Waals surface area contributed by atoms with Crippen LogP contribution < -0.4 is 5.32 Å². The Balaban J connectivity index is 2.13. The van der Waals surface area contributed by atoms with E-state index in [1.807, 2.05) is 25.8 Å². The van der Waals surface area contributed by atoms with E-state index in [2.05, 4.69) is 10.3 Å². The molecule has 2 heterocycles. The van der Waals surface area contributed by atoms with Gasteiger partial charge in [0.1, 0.15) is 16.0 Å². The predicted molar refractivity (Wildman–Crippen MR) is 80.3 cm³/mol. The summed E-state index contributed by atoms with van der Waals surface area (Å²) in [6.07, 6.45) is 1.97.